The first-order valence-electron chi connectivity index (χ1n) is 5.59. The largest absolute Gasteiger partial charge is 0.329 e. The molecular formula is C12H17ClN2S. The molecular weight excluding hydrogens is 240 g/mol. The molecule has 4 heteroatoms. The van der Waals surface area contributed by atoms with Gasteiger partial charge in [-0.25, -0.2) is 0 Å². The third-order valence-electron chi connectivity index (χ3n) is 2.97. The number of thioether (sulfide) groups is 1. The minimum absolute atomic E-state index is 0.273. The molecule has 0 aliphatic carbocycles. The van der Waals surface area contributed by atoms with Crippen LogP contribution in [-0.2, 0) is 0 Å². The molecule has 1 fully saturated rings. The summed E-state index contributed by atoms with van der Waals surface area (Å²) in [6, 6.07) is 8.29. The Balaban J connectivity index is 2.18. The summed E-state index contributed by atoms with van der Waals surface area (Å²) in [6.07, 6.45) is 0. The fourth-order valence-corrected chi connectivity index (χ4v) is 3.30. The molecule has 1 aromatic rings. The number of benzene rings is 1. The first-order valence-corrected chi connectivity index (χ1v) is 7.12. The van der Waals surface area contributed by atoms with Crippen molar-refractivity contribution in [3.63, 3.8) is 0 Å². The molecule has 0 bridgehead atoms. The minimum atomic E-state index is 0.273. The van der Waals surface area contributed by atoms with Gasteiger partial charge < -0.3 is 5.73 Å². The molecule has 0 spiro atoms. The average Bonchev–Trinajstić information content (AvgIpc) is 2.34. The number of nitrogens with zero attached hydrogens (tertiary/aromatic N) is 1. The number of hydrogen-bond donors (Lipinski definition) is 1. The van der Waals surface area contributed by atoms with Crippen molar-refractivity contribution in [2.75, 3.05) is 31.1 Å². The Labute approximate surface area is 106 Å². The maximum absolute atomic E-state index is 6.23. The van der Waals surface area contributed by atoms with Gasteiger partial charge in [0.25, 0.3) is 0 Å². The Hall–Kier alpha value is -0.220. The van der Waals surface area contributed by atoms with Gasteiger partial charge in [0.1, 0.15) is 0 Å². The summed E-state index contributed by atoms with van der Waals surface area (Å²) in [6.45, 7) is 2.85. The van der Waals surface area contributed by atoms with Crippen LogP contribution in [0.1, 0.15) is 11.6 Å². The molecule has 16 heavy (non-hydrogen) atoms. The number of halogens is 1. The molecule has 1 aliphatic heterocycles. The highest BCUT2D eigenvalue weighted by Gasteiger charge is 2.22. The smallest absolute Gasteiger partial charge is 0.0485 e. The van der Waals surface area contributed by atoms with Gasteiger partial charge in [-0.1, -0.05) is 29.8 Å². The molecule has 0 radical (unpaired) electrons. The van der Waals surface area contributed by atoms with Crippen LogP contribution in [0.3, 0.4) is 0 Å². The summed E-state index contributed by atoms with van der Waals surface area (Å²) in [5.41, 5.74) is 7.06. The van der Waals surface area contributed by atoms with Gasteiger partial charge in [0.2, 0.25) is 0 Å². The number of nitrogens with two attached hydrogens (primary N) is 1. The van der Waals surface area contributed by atoms with Gasteiger partial charge in [-0.05, 0) is 11.6 Å². The minimum Gasteiger partial charge on any atom is -0.329 e. The van der Waals surface area contributed by atoms with E-state index in [1.807, 2.05) is 30.0 Å². The van der Waals surface area contributed by atoms with E-state index in [2.05, 4.69) is 11.0 Å². The highest BCUT2D eigenvalue weighted by atomic mass is 35.5. The Kier molecular flexibility index (Phi) is 4.53. The van der Waals surface area contributed by atoms with Crippen LogP contribution in [0.4, 0.5) is 0 Å². The third kappa shape index (κ3) is 2.72. The Morgan fingerprint density at radius 2 is 2.00 bits per heavy atom. The van der Waals surface area contributed by atoms with E-state index in [1.165, 1.54) is 17.1 Å². The lowest BCUT2D eigenvalue weighted by Gasteiger charge is -2.34. The normalized spacial score (nSPS) is 19.6. The molecule has 0 amide bonds. The maximum Gasteiger partial charge on any atom is 0.0485 e. The van der Waals surface area contributed by atoms with E-state index in [0.717, 1.165) is 18.1 Å². The summed E-state index contributed by atoms with van der Waals surface area (Å²) in [5.74, 6) is 2.39. The van der Waals surface area contributed by atoms with Crippen LogP contribution in [0.15, 0.2) is 24.3 Å². The summed E-state index contributed by atoms with van der Waals surface area (Å²) < 4.78 is 0. The topological polar surface area (TPSA) is 29.3 Å². The van der Waals surface area contributed by atoms with Crippen molar-refractivity contribution in [2.24, 2.45) is 5.73 Å². The summed E-state index contributed by atoms with van der Waals surface area (Å²) in [7, 11) is 0. The zero-order valence-corrected chi connectivity index (χ0v) is 10.8. The van der Waals surface area contributed by atoms with Crippen LogP contribution in [0.2, 0.25) is 5.02 Å². The molecule has 2 nitrogen and oxygen atoms in total. The van der Waals surface area contributed by atoms with Gasteiger partial charge in [0, 0.05) is 42.2 Å². The molecule has 1 saturated heterocycles. The van der Waals surface area contributed by atoms with E-state index < -0.39 is 0 Å². The van der Waals surface area contributed by atoms with Gasteiger partial charge >= 0.3 is 0 Å². The van der Waals surface area contributed by atoms with Crippen molar-refractivity contribution in [1.29, 1.82) is 0 Å². The second-order valence-electron chi connectivity index (χ2n) is 3.92. The van der Waals surface area contributed by atoms with Gasteiger partial charge in [-0.15, -0.1) is 0 Å². The molecule has 2 rings (SSSR count). The monoisotopic (exact) mass is 256 g/mol. The molecule has 0 saturated carbocycles. The Morgan fingerprint density at radius 3 is 2.62 bits per heavy atom. The molecule has 1 unspecified atom stereocenters. The predicted octanol–water partition coefficient (Wildman–Crippen LogP) is 2.39. The molecule has 88 valence electrons. The first-order chi connectivity index (χ1) is 7.83. The van der Waals surface area contributed by atoms with Gasteiger partial charge in [-0.3, -0.25) is 4.90 Å². The first kappa shape index (κ1) is 12.2. The van der Waals surface area contributed by atoms with Crippen molar-refractivity contribution in [3.8, 4) is 0 Å². The van der Waals surface area contributed by atoms with Crippen LogP contribution < -0.4 is 5.73 Å². The molecule has 1 heterocycles. The van der Waals surface area contributed by atoms with Crippen molar-refractivity contribution in [3.05, 3.63) is 34.9 Å². The summed E-state index contributed by atoms with van der Waals surface area (Å²) >= 11 is 8.24. The highest BCUT2D eigenvalue weighted by Crippen LogP contribution is 2.28. The fraction of sp³-hybridized carbons (Fsp3) is 0.500. The lowest BCUT2D eigenvalue weighted by molar-refractivity contribution is 0.223. The van der Waals surface area contributed by atoms with Crippen LogP contribution in [0, 0.1) is 0 Å². The van der Waals surface area contributed by atoms with E-state index in [1.54, 1.807) is 0 Å². The quantitative estimate of drug-likeness (QED) is 0.901. The third-order valence-corrected chi connectivity index (χ3v) is 4.26. The molecule has 1 aromatic carbocycles. The number of hydrogen-bond acceptors (Lipinski definition) is 3. The van der Waals surface area contributed by atoms with E-state index in [4.69, 9.17) is 17.3 Å². The van der Waals surface area contributed by atoms with Crippen molar-refractivity contribution in [2.45, 2.75) is 6.04 Å². The van der Waals surface area contributed by atoms with E-state index in [0.29, 0.717) is 6.54 Å². The van der Waals surface area contributed by atoms with E-state index in [9.17, 15) is 0 Å². The Morgan fingerprint density at radius 1 is 1.31 bits per heavy atom. The molecule has 1 aliphatic rings. The maximum atomic E-state index is 6.23. The zero-order chi connectivity index (χ0) is 11.4. The Bertz CT molecular complexity index is 340. The van der Waals surface area contributed by atoms with Gasteiger partial charge in [0.05, 0.1) is 0 Å². The van der Waals surface area contributed by atoms with Crippen LogP contribution in [0.5, 0.6) is 0 Å². The second kappa shape index (κ2) is 5.92. The SMILES string of the molecule is NCC(c1ccccc1Cl)N1CCSCC1. The molecule has 0 aromatic heterocycles. The number of rotatable bonds is 3. The molecule has 1 atom stereocenters. The standard InChI is InChI=1S/C12H17ClN2S/c13-11-4-2-1-3-10(11)12(9-14)15-5-7-16-8-6-15/h1-4,12H,5-9,14H2. The van der Waals surface area contributed by atoms with Crippen molar-refractivity contribution < 1.29 is 0 Å². The van der Waals surface area contributed by atoms with Crippen LogP contribution >= 0.6 is 23.4 Å². The second-order valence-corrected chi connectivity index (χ2v) is 5.55. The van der Waals surface area contributed by atoms with Crippen molar-refractivity contribution in [1.82, 2.24) is 4.90 Å². The van der Waals surface area contributed by atoms with Gasteiger partial charge in [-0.2, -0.15) is 11.8 Å². The zero-order valence-electron chi connectivity index (χ0n) is 9.23. The fourth-order valence-electron chi connectivity index (χ4n) is 2.11. The van der Waals surface area contributed by atoms with Crippen LogP contribution in [0.25, 0.3) is 0 Å². The summed E-state index contributed by atoms with van der Waals surface area (Å²) in [4.78, 5) is 2.44. The van der Waals surface area contributed by atoms with Gasteiger partial charge in [0.15, 0.2) is 0 Å². The lowest BCUT2D eigenvalue weighted by Crippen LogP contribution is -2.39. The van der Waals surface area contributed by atoms with E-state index in [-0.39, 0.29) is 6.04 Å². The average molecular weight is 257 g/mol. The van der Waals surface area contributed by atoms with E-state index >= 15 is 0 Å². The summed E-state index contributed by atoms with van der Waals surface area (Å²) in [5, 5.41) is 0.830. The predicted molar refractivity (Wildman–Crippen MR) is 72.1 cm³/mol. The van der Waals surface area contributed by atoms with Crippen LogP contribution in [-0.4, -0.2) is 36.0 Å². The molecule has 2 N–H and O–H groups in total. The highest BCUT2D eigenvalue weighted by molar-refractivity contribution is 7.99. The van der Waals surface area contributed by atoms with Crippen molar-refractivity contribution >= 4 is 23.4 Å². The lowest BCUT2D eigenvalue weighted by atomic mass is 10.1.